The summed E-state index contributed by atoms with van der Waals surface area (Å²) in [5.41, 5.74) is 0.992. The predicted octanol–water partition coefficient (Wildman–Crippen LogP) is 2.77. The van der Waals surface area contributed by atoms with Crippen LogP contribution < -0.4 is 5.32 Å². The molecule has 0 radical (unpaired) electrons. The van der Waals surface area contributed by atoms with E-state index in [4.69, 9.17) is 0 Å². The van der Waals surface area contributed by atoms with E-state index in [1.165, 1.54) is 6.07 Å². The highest BCUT2D eigenvalue weighted by Gasteiger charge is 2.24. The Morgan fingerprint density at radius 3 is 2.83 bits per heavy atom. The minimum Gasteiger partial charge on any atom is -0.393 e. The van der Waals surface area contributed by atoms with Crippen LogP contribution in [0.5, 0.6) is 0 Å². The van der Waals surface area contributed by atoms with E-state index in [-0.39, 0.29) is 22.6 Å². The number of hydrogen-bond donors (Lipinski definition) is 2. The summed E-state index contributed by atoms with van der Waals surface area (Å²) < 4.78 is 0.620. The molecule has 1 fully saturated rings. The smallest absolute Gasteiger partial charge is 0.282 e. The molecule has 1 aliphatic carbocycles. The maximum Gasteiger partial charge on any atom is 0.282 e. The van der Waals surface area contributed by atoms with Crippen molar-refractivity contribution in [2.24, 2.45) is 5.92 Å². The van der Waals surface area contributed by atoms with E-state index in [1.807, 2.05) is 22.6 Å². The molecule has 98 valence electrons. The topological polar surface area (TPSA) is 75.4 Å². The van der Waals surface area contributed by atoms with Crippen LogP contribution in [0.2, 0.25) is 0 Å². The second-order valence-corrected chi connectivity index (χ2v) is 5.72. The molecular formula is C12H15IN2O3. The number of aliphatic hydroxyl groups excluding tert-OH is 1. The Morgan fingerprint density at radius 2 is 2.28 bits per heavy atom. The van der Waals surface area contributed by atoms with Gasteiger partial charge in [0.1, 0.15) is 0 Å². The van der Waals surface area contributed by atoms with Crippen LogP contribution >= 0.6 is 22.6 Å². The van der Waals surface area contributed by atoms with E-state index in [9.17, 15) is 15.2 Å². The standard InChI is InChI=1S/C12H15IN2O3/c13-10-6-9(4-5-11(10)15(17)18)14-7-8-2-1-3-12(8)16/h4-6,8,12,14,16H,1-3,7H2. The van der Waals surface area contributed by atoms with Crippen molar-refractivity contribution in [3.05, 3.63) is 31.9 Å². The van der Waals surface area contributed by atoms with Gasteiger partial charge in [-0.1, -0.05) is 6.42 Å². The van der Waals surface area contributed by atoms with Crippen LogP contribution in [0, 0.1) is 19.6 Å². The fraction of sp³-hybridized carbons (Fsp3) is 0.500. The molecular weight excluding hydrogens is 347 g/mol. The summed E-state index contributed by atoms with van der Waals surface area (Å²) in [7, 11) is 0. The molecule has 0 heterocycles. The first-order chi connectivity index (χ1) is 8.58. The second-order valence-electron chi connectivity index (χ2n) is 4.56. The van der Waals surface area contributed by atoms with Crippen molar-refractivity contribution in [2.75, 3.05) is 11.9 Å². The Labute approximate surface area is 119 Å². The molecule has 1 aromatic rings. The molecule has 0 spiro atoms. The zero-order chi connectivity index (χ0) is 13.1. The van der Waals surface area contributed by atoms with Gasteiger partial charge in [0.15, 0.2) is 0 Å². The Bertz CT molecular complexity index is 453. The van der Waals surface area contributed by atoms with Crippen molar-refractivity contribution < 1.29 is 10.0 Å². The number of aliphatic hydroxyl groups is 1. The van der Waals surface area contributed by atoms with Gasteiger partial charge in [0.05, 0.1) is 14.6 Å². The molecule has 0 aromatic heterocycles. The lowest BCUT2D eigenvalue weighted by molar-refractivity contribution is -0.385. The lowest BCUT2D eigenvalue weighted by Gasteiger charge is -2.16. The fourth-order valence-electron chi connectivity index (χ4n) is 2.27. The van der Waals surface area contributed by atoms with E-state index in [0.29, 0.717) is 3.57 Å². The highest BCUT2D eigenvalue weighted by molar-refractivity contribution is 14.1. The highest BCUT2D eigenvalue weighted by atomic mass is 127. The largest absolute Gasteiger partial charge is 0.393 e. The number of rotatable bonds is 4. The van der Waals surface area contributed by atoms with Gasteiger partial charge in [0.2, 0.25) is 0 Å². The SMILES string of the molecule is O=[N+]([O-])c1ccc(NCC2CCCC2O)cc1I. The molecule has 0 bridgehead atoms. The summed E-state index contributed by atoms with van der Waals surface area (Å²) >= 11 is 1.96. The lowest BCUT2D eigenvalue weighted by atomic mass is 10.1. The molecule has 0 aliphatic heterocycles. The molecule has 5 nitrogen and oxygen atoms in total. The highest BCUT2D eigenvalue weighted by Crippen LogP contribution is 2.27. The first-order valence-corrected chi connectivity index (χ1v) is 7.01. The zero-order valence-corrected chi connectivity index (χ0v) is 12.0. The summed E-state index contributed by atoms with van der Waals surface area (Å²) in [5, 5.41) is 23.6. The fourth-order valence-corrected chi connectivity index (χ4v) is 2.98. The number of benzene rings is 1. The Hall–Kier alpha value is -0.890. The maximum absolute atomic E-state index is 10.7. The van der Waals surface area contributed by atoms with E-state index in [2.05, 4.69) is 5.32 Å². The van der Waals surface area contributed by atoms with E-state index < -0.39 is 0 Å². The number of nitro benzene ring substituents is 1. The van der Waals surface area contributed by atoms with Gasteiger partial charge in [0, 0.05) is 24.2 Å². The molecule has 0 amide bonds. The Balaban J connectivity index is 1.98. The van der Waals surface area contributed by atoms with Crippen molar-refractivity contribution in [1.82, 2.24) is 0 Å². The molecule has 18 heavy (non-hydrogen) atoms. The minimum absolute atomic E-state index is 0.127. The molecule has 2 N–H and O–H groups in total. The van der Waals surface area contributed by atoms with Crippen molar-refractivity contribution in [3.8, 4) is 0 Å². The van der Waals surface area contributed by atoms with Gasteiger partial charge in [0.25, 0.3) is 5.69 Å². The summed E-state index contributed by atoms with van der Waals surface area (Å²) in [5.74, 6) is 0.290. The molecule has 1 aliphatic rings. The molecule has 1 aromatic carbocycles. The number of nitro groups is 1. The number of halogens is 1. The normalized spacial score (nSPS) is 23.0. The van der Waals surface area contributed by atoms with E-state index >= 15 is 0 Å². The van der Waals surface area contributed by atoms with Gasteiger partial charge in [-0.2, -0.15) is 0 Å². The van der Waals surface area contributed by atoms with Crippen LogP contribution in [0.4, 0.5) is 11.4 Å². The third-order valence-electron chi connectivity index (χ3n) is 3.33. The Kier molecular flexibility index (Phi) is 4.39. The molecule has 2 unspecified atom stereocenters. The first kappa shape index (κ1) is 13.5. The number of hydrogen-bond acceptors (Lipinski definition) is 4. The third kappa shape index (κ3) is 3.11. The van der Waals surface area contributed by atoms with Crippen LogP contribution in [0.15, 0.2) is 18.2 Å². The molecule has 6 heteroatoms. The Morgan fingerprint density at radius 1 is 1.50 bits per heavy atom. The third-order valence-corrected chi connectivity index (χ3v) is 4.20. The van der Waals surface area contributed by atoms with Crippen molar-refractivity contribution >= 4 is 34.0 Å². The van der Waals surface area contributed by atoms with Gasteiger partial charge in [-0.05, 0) is 47.6 Å². The first-order valence-electron chi connectivity index (χ1n) is 5.94. The van der Waals surface area contributed by atoms with Crippen molar-refractivity contribution in [1.29, 1.82) is 0 Å². The average Bonchev–Trinajstić information content (AvgIpc) is 2.72. The average molecular weight is 362 g/mol. The van der Waals surface area contributed by atoms with Crippen molar-refractivity contribution in [2.45, 2.75) is 25.4 Å². The summed E-state index contributed by atoms with van der Waals surface area (Å²) in [6, 6.07) is 4.98. The van der Waals surface area contributed by atoms with Crippen LogP contribution in [0.3, 0.4) is 0 Å². The van der Waals surface area contributed by atoms with Crippen LogP contribution in [0.1, 0.15) is 19.3 Å². The van der Waals surface area contributed by atoms with Crippen LogP contribution in [-0.2, 0) is 0 Å². The van der Waals surface area contributed by atoms with E-state index in [0.717, 1.165) is 31.5 Å². The summed E-state index contributed by atoms with van der Waals surface area (Å²) in [6.45, 7) is 0.717. The van der Waals surface area contributed by atoms with Crippen LogP contribution in [0.25, 0.3) is 0 Å². The van der Waals surface area contributed by atoms with Gasteiger partial charge in [-0.25, -0.2) is 0 Å². The van der Waals surface area contributed by atoms with Gasteiger partial charge < -0.3 is 10.4 Å². The number of nitrogens with zero attached hydrogens (tertiary/aromatic N) is 1. The van der Waals surface area contributed by atoms with Gasteiger partial charge >= 0.3 is 0 Å². The summed E-state index contributed by atoms with van der Waals surface area (Å²) in [4.78, 5) is 10.3. The maximum atomic E-state index is 10.7. The van der Waals surface area contributed by atoms with Gasteiger partial charge in [-0.15, -0.1) is 0 Å². The molecule has 0 saturated heterocycles. The van der Waals surface area contributed by atoms with Crippen molar-refractivity contribution in [3.63, 3.8) is 0 Å². The van der Waals surface area contributed by atoms with Crippen LogP contribution in [-0.4, -0.2) is 22.7 Å². The summed E-state index contributed by atoms with van der Waals surface area (Å²) in [6.07, 6.45) is 2.78. The number of nitrogens with one attached hydrogen (secondary N) is 1. The lowest BCUT2D eigenvalue weighted by Crippen LogP contribution is -2.21. The molecule has 2 rings (SSSR count). The van der Waals surface area contributed by atoms with E-state index in [1.54, 1.807) is 12.1 Å². The number of anilines is 1. The second kappa shape index (κ2) is 5.83. The quantitative estimate of drug-likeness (QED) is 0.491. The zero-order valence-electron chi connectivity index (χ0n) is 9.80. The molecule has 2 atom stereocenters. The monoisotopic (exact) mass is 362 g/mol. The van der Waals surface area contributed by atoms with Gasteiger partial charge in [-0.3, -0.25) is 10.1 Å². The minimum atomic E-state index is -0.383. The predicted molar refractivity (Wildman–Crippen MR) is 77.7 cm³/mol. The molecule has 1 saturated carbocycles.